The minimum absolute atomic E-state index is 0. The zero-order valence-corrected chi connectivity index (χ0v) is 6.71. The van der Waals surface area contributed by atoms with E-state index in [1.54, 1.807) is 0 Å². The van der Waals surface area contributed by atoms with E-state index in [2.05, 4.69) is 14.5 Å². The lowest BCUT2D eigenvalue weighted by Crippen LogP contribution is -2.30. The van der Waals surface area contributed by atoms with E-state index in [0.29, 0.717) is 6.42 Å². The molecule has 0 aromatic rings. The van der Waals surface area contributed by atoms with Gasteiger partial charge in [-0.25, -0.2) is 0 Å². The Kier molecular flexibility index (Phi) is 9.04. The van der Waals surface area contributed by atoms with Crippen molar-refractivity contribution in [3.63, 3.8) is 0 Å². The topological polar surface area (TPSA) is 55.1 Å². The summed E-state index contributed by atoms with van der Waals surface area (Å²) in [5, 5.41) is 2.84. The van der Waals surface area contributed by atoms with Crippen molar-refractivity contribution in [2.24, 2.45) is 5.73 Å². The molecule has 10 heavy (non-hydrogen) atoms. The van der Waals surface area contributed by atoms with Gasteiger partial charge in [-0.1, -0.05) is 16.8 Å². The van der Waals surface area contributed by atoms with Gasteiger partial charge >= 0.3 is 0 Å². The lowest BCUT2D eigenvalue weighted by Gasteiger charge is -2.04. The molecule has 0 aliphatic carbocycles. The van der Waals surface area contributed by atoms with Gasteiger partial charge in [0.05, 0.1) is 6.04 Å². The fourth-order valence-electron chi connectivity index (χ4n) is 0.442. The summed E-state index contributed by atoms with van der Waals surface area (Å²) in [6.45, 7) is 2.28. The van der Waals surface area contributed by atoms with Crippen LogP contribution in [0.25, 0.3) is 0 Å². The van der Waals surface area contributed by atoms with Crippen molar-refractivity contribution in [2.75, 3.05) is 6.54 Å². The maximum Gasteiger partial charge on any atom is 0.146 e. The lowest BCUT2D eigenvalue weighted by atomic mass is 10.1. The molecule has 0 bridgehead atoms. The second-order valence-electron chi connectivity index (χ2n) is 1.96. The molecule has 64 valence electrons. The third-order valence-corrected chi connectivity index (χ3v) is 1.41. The summed E-state index contributed by atoms with van der Waals surface area (Å²) in [5.74, 6) is 0.0512. The van der Waals surface area contributed by atoms with Crippen molar-refractivity contribution in [3.8, 4) is 0 Å². The molecule has 0 rings (SSSR count). The number of ketones is 1. The maximum absolute atomic E-state index is 10.5. The first-order valence-electron chi connectivity index (χ1n) is 2.88. The predicted molar refractivity (Wildman–Crippen MR) is 49.8 cm³/mol. The average Bonchev–Trinajstić information content (AvgIpc) is 1.82. The highest BCUT2D eigenvalue weighted by Gasteiger charge is 2.05. The largest absolute Gasteiger partial charge is 0.321 e. The second-order valence-corrected chi connectivity index (χ2v) is 2.37. The SMILES string of the molecule is C.CC(=O)C(N)CCNP.[2HH]. The van der Waals surface area contributed by atoms with Gasteiger partial charge in [0.2, 0.25) is 0 Å². The average molecular weight is 167 g/mol. The number of carbonyl (C=O) groups excluding carboxylic acids is 1. The van der Waals surface area contributed by atoms with Crippen LogP contribution in [0.1, 0.15) is 22.2 Å². The molecule has 0 saturated carbocycles. The van der Waals surface area contributed by atoms with E-state index in [4.69, 9.17) is 5.73 Å². The van der Waals surface area contributed by atoms with E-state index in [1.165, 1.54) is 6.92 Å². The molecule has 0 saturated heterocycles. The molecule has 0 spiro atoms. The lowest BCUT2D eigenvalue weighted by molar-refractivity contribution is -0.118. The van der Waals surface area contributed by atoms with Crippen molar-refractivity contribution in [3.05, 3.63) is 0 Å². The van der Waals surface area contributed by atoms with Gasteiger partial charge in [0.1, 0.15) is 5.78 Å². The Morgan fingerprint density at radius 2 is 2.40 bits per heavy atom. The van der Waals surface area contributed by atoms with Crippen LogP contribution < -0.4 is 10.8 Å². The molecule has 2 atom stereocenters. The number of nitrogens with two attached hydrogens (primary N) is 1. The predicted octanol–water partition coefficient (Wildman–Crippen LogP) is 0.555. The van der Waals surface area contributed by atoms with Crippen molar-refractivity contribution in [2.45, 2.75) is 26.8 Å². The van der Waals surface area contributed by atoms with Crippen molar-refractivity contribution in [1.82, 2.24) is 5.09 Å². The number of hydrogen-bond donors (Lipinski definition) is 2. The Labute approximate surface area is 66.5 Å². The molecule has 2 unspecified atom stereocenters. The molecule has 0 aromatic carbocycles. The van der Waals surface area contributed by atoms with Gasteiger partial charge in [0.15, 0.2) is 0 Å². The quantitative estimate of drug-likeness (QED) is 0.601. The Morgan fingerprint density at radius 3 is 2.70 bits per heavy atom. The van der Waals surface area contributed by atoms with Crippen LogP contribution in [0.3, 0.4) is 0 Å². The zero-order chi connectivity index (χ0) is 7.28. The summed E-state index contributed by atoms with van der Waals surface area (Å²) < 4.78 is 0. The zero-order valence-electron chi connectivity index (χ0n) is 5.55. The van der Waals surface area contributed by atoms with Crippen LogP contribution in [-0.2, 0) is 4.79 Å². The number of rotatable bonds is 4. The van der Waals surface area contributed by atoms with Crippen LogP contribution >= 0.6 is 9.39 Å². The number of nitrogens with one attached hydrogen (secondary N) is 1. The van der Waals surface area contributed by atoms with Gasteiger partial charge in [-0.15, -0.1) is 0 Å². The molecule has 0 aliphatic heterocycles. The molecule has 0 aliphatic rings. The van der Waals surface area contributed by atoms with Crippen LogP contribution in [0, 0.1) is 0 Å². The van der Waals surface area contributed by atoms with E-state index in [-0.39, 0.29) is 20.7 Å². The fourth-order valence-corrected chi connectivity index (χ4v) is 0.609. The minimum atomic E-state index is -0.293. The molecular weight excluding hydrogens is 147 g/mol. The van der Waals surface area contributed by atoms with Gasteiger partial charge < -0.3 is 10.8 Å². The third-order valence-electron chi connectivity index (χ3n) is 1.12. The summed E-state index contributed by atoms with van der Waals surface area (Å²) in [5.41, 5.74) is 5.40. The Morgan fingerprint density at radius 1 is 1.90 bits per heavy atom. The minimum Gasteiger partial charge on any atom is -0.321 e. The molecule has 4 heteroatoms. The first kappa shape index (κ1) is 12.7. The van der Waals surface area contributed by atoms with Crippen LogP contribution in [0.15, 0.2) is 0 Å². The molecular formula is C6H19N2OP. The van der Waals surface area contributed by atoms with Crippen LogP contribution in [0.2, 0.25) is 0 Å². The van der Waals surface area contributed by atoms with Gasteiger partial charge in [0.25, 0.3) is 0 Å². The molecule has 0 heterocycles. The summed E-state index contributed by atoms with van der Waals surface area (Å²) in [4.78, 5) is 10.5. The normalized spacial score (nSPS) is 11.9. The van der Waals surface area contributed by atoms with E-state index in [0.717, 1.165) is 6.54 Å². The van der Waals surface area contributed by atoms with Gasteiger partial charge in [-0.3, -0.25) is 4.79 Å². The smallest absolute Gasteiger partial charge is 0.146 e. The first-order chi connectivity index (χ1) is 4.18. The third kappa shape index (κ3) is 6.14. The van der Waals surface area contributed by atoms with E-state index in [9.17, 15) is 4.79 Å². The van der Waals surface area contributed by atoms with Crippen LogP contribution in [-0.4, -0.2) is 18.4 Å². The highest BCUT2D eigenvalue weighted by atomic mass is 31.0. The van der Waals surface area contributed by atoms with Crippen molar-refractivity contribution in [1.29, 1.82) is 0 Å². The van der Waals surface area contributed by atoms with Crippen molar-refractivity contribution < 1.29 is 6.22 Å². The molecule has 0 amide bonds. The Bertz CT molecular complexity index is 103. The molecule has 0 fully saturated rings. The molecule has 0 radical (unpaired) electrons. The van der Waals surface area contributed by atoms with Crippen LogP contribution in [0.5, 0.6) is 0 Å². The Balaban J connectivity index is -0.000000320. The summed E-state index contributed by atoms with van der Waals surface area (Å²) in [7, 11) is 2.36. The summed E-state index contributed by atoms with van der Waals surface area (Å²) in [6, 6.07) is -0.293. The first-order valence-corrected chi connectivity index (χ1v) is 3.45. The maximum atomic E-state index is 10.5. The highest BCUT2D eigenvalue weighted by molar-refractivity contribution is 7.13. The number of carbonyl (C=O) groups is 1. The van der Waals surface area contributed by atoms with Gasteiger partial charge in [0, 0.05) is 7.97 Å². The molecule has 3 N–H and O–H groups in total. The summed E-state index contributed by atoms with van der Waals surface area (Å²) in [6.07, 6.45) is 0.707. The number of Topliss-reactive ketones (excluding diaryl/α,β-unsaturated/α-hetero) is 1. The van der Waals surface area contributed by atoms with Gasteiger partial charge in [-0.05, 0) is 13.3 Å². The molecule has 3 nitrogen and oxygen atoms in total. The van der Waals surface area contributed by atoms with E-state index in [1.807, 2.05) is 0 Å². The highest BCUT2D eigenvalue weighted by Crippen LogP contribution is 1.87. The van der Waals surface area contributed by atoms with Crippen LogP contribution in [0.4, 0.5) is 0 Å². The standard InChI is InChI=1S/C5H13N2OP.CH4.H2/c1-4(8)5(6)2-3-7-9;;/h5,7H,2-3,6,9H2,1H3;1H4;1H/i;;1+1. The Hall–Kier alpha value is 0.0200. The van der Waals surface area contributed by atoms with E-state index < -0.39 is 0 Å². The van der Waals surface area contributed by atoms with Gasteiger partial charge in [-0.2, -0.15) is 0 Å². The fraction of sp³-hybridized carbons (Fsp3) is 0.833. The monoisotopic (exact) mass is 167 g/mol. The second kappa shape index (κ2) is 7.13. The summed E-state index contributed by atoms with van der Waals surface area (Å²) >= 11 is 0. The molecule has 0 aromatic heterocycles. The number of hydrogen-bond acceptors (Lipinski definition) is 3. The van der Waals surface area contributed by atoms with Crippen molar-refractivity contribution >= 4 is 15.2 Å². The van der Waals surface area contributed by atoms with E-state index >= 15 is 0 Å².